The zero-order chi connectivity index (χ0) is 22.9. The van der Waals surface area contributed by atoms with Crippen LogP contribution in [0.15, 0.2) is 75.9 Å². The minimum Gasteiger partial charge on any atom is -0.478 e. The van der Waals surface area contributed by atoms with Gasteiger partial charge in [0.1, 0.15) is 11.4 Å². The van der Waals surface area contributed by atoms with Gasteiger partial charge in [0.2, 0.25) is 5.88 Å². The first-order chi connectivity index (χ1) is 16.0. The van der Waals surface area contributed by atoms with Crippen LogP contribution >= 0.6 is 0 Å². The molecule has 166 valence electrons. The highest BCUT2D eigenvalue weighted by atomic mass is 19.1. The molecule has 4 aromatic rings. The number of nitrogens with one attached hydrogen (secondary N) is 1. The maximum atomic E-state index is 13.6. The lowest BCUT2D eigenvalue weighted by molar-refractivity contribution is 0.0698. The molecule has 7 heteroatoms. The Balaban J connectivity index is 1.41. The molecular weight excluding hydrogens is 423 g/mol. The molecule has 0 spiro atoms. The average Bonchev–Trinajstić information content (AvgIpc) is 3.23. The van der Waals surface area contributed by atoms with Crippen molar-refractivity contribution in [3.63, 3.8) is 0 Å². The lowest BCUT2D eigenvalue weighted by Crippen LogP contribution is -2.17. The van der Waals surface area contributed by atoms with Gasteiger partial charge in [0.15, 0.2) is 5.43 Å². The van der Waals surface area contributed by atoms with Crippen molar-refractivity contribution in [3.05, 3.63) is 105 Å². The van der Waals surface area contributed by atoms with Gasteiger partial charge in [-0.1, -0.05) is 30.3 Å². The van der Waals surface area contributed by atoms with E-state index >= 15 is 0 Å². The zero-order valence-corrected chi connectivity index (χ0v) is 17.7. The molecule has 0 bridgehead atoms. The summed E-state index contributed by atoms with van der Waals surface area (Å²) in [5, 5.41) is 13.0. The molecule has 0 radical (unpaired) electrons. The normalized spacial score (nSPS) is 12.7. The summed E-state index contributed by atoms with van der Waals surface area (Å²) < 4.78 is 19.8. The average molecular weight is 444 g/mol. The van der Waals surface area contributed by atoms with Crippen LogP contribution in [0.5, 0.6) is 0 Å². The van der Waals surface area contributed by atoms with Crippen LogP contribution in [0.3, 0.4) is 0 Å². The molecule has 0 amide bonds. The Bertz CT molecular complexity index is 1430. The Morgan fingerprint density at radius 1 is 1.03 bits per heavy atom. The number of hydrogen-bond donors (Lipinski definition) is 2. The molecule has 1 aliphatic heterocycles. The Kier molecular flexibility index (Phi) is 5.30. The highest BCUT2D eigenvalue weighted by Gasteiger charge is 2.22. The van der Waals surface area contributed by atoms with E-state index in [0.717, 1.165) is 16.7 Å². The van der Waals surface area contributed by atoms with Crippen LogP contribution in [0.25, 0.3) is 11.0 Å². The summed E-state index contributed by atoms with van der Waals surface area (Å²) in [6.45, 7) is 1.47. The minimum atomic E-state index is -0.995. The zero-order valence-electron chi connectivity index (χ0n) is 17.7. The van der Waals surface area contributed by atoms with Crippen molar-refractivity contribution in [1.29, 1.82) is 0 Å². The Morgan fingerprint density at radius 2 is 1.85 bits per heavy atom. The third-order valence-electron chi connectivity index (χ3n) is 5.89. The fraction of sp³-hybridized carbons (Fsp3) is 0.154. The summed E-state index contributed by atoms with van der Waals surface area (Å²) in [6.07, 6.45) is 0.531. The summed E-state index contributed by atoms with van der Waals surface area (Å²) >= 11 is 0. The third-order valence-corrected chi connectivity index (χ3v) is 5.89. The standard InChI is InChI=1S/C26H21FN2O4/c27-19-9-8-17-14-29(15-18(17)12-19)24-13-23(30)21-6-3-4-16(25(21)33-24)10-11-28-22-7-2-1-5-20(22)26(31)32/h1-9,12-13,28H,10-11,14-15H2,(H,31,32). The summed E-state index contributed by atoms with van der Waals surface area (Å²) in [5.41, 5.74) is 3.84. The molecule has 1 aliphatic rings. The van der Waals surface area contributed by atoms with Crippen LogP contribution in [0.2, 0.25) is 0 Å². The number of hydrogen-bond acceptors (Lipinski definition) is 5. The van der Waals surface area contributed by atoms with Gasteiger partial charge >= 0.3 is 5.97 Å². The molecule has 0 unspecified atom stereocenters. The summed E-state index contributed by atoms with van der Waals surface area (Å²) in [5.74, 6) is -0.832. The van der Waals surface area contributed by atoms with Crippen LogP contribution < -0.4 is 15.6 Å². The van der Waals surface area contributed by atoms with Crippen LogP contribution in [-0.4, -0.2) is 17.6 Å². The maximum Gasteiger partial charge on any atom is 0.337 e. The van der Waals surface area contributed by atoms with Gasteiger partial charge in [-0.3, -0.25) is 4.79 Å². The highest BCUT2D eigenvalue weighted by Crippen LogP contribution is 2.30. The number of aromatic carboxylic acids is 1. The fourth-order valence-corrected chi connectivity index (χ4v) is 4.25. The number of para-hydroxylation sites is 2. The molecule has 0 atom stereocenters. The van der Waals surface area contributed by atoms with Gasteiger partial charge in [-0.05, 0) is 53.4 Å². The topological polar surface area (TPSA) is 82.8 Å². The van der Waals surface area contributed by atoms with E-state index in [1.54, 1.807) is 36.4 Å². The van der Waals surface area contributed by atoms with Gasteiger partial charge in [-0.15, -0.1) is 0 Å². The van der Waals surface area contributed by atoms with E-state index in [-0.39, 0.29) is 16.8 Å². The van der Waals surface area contributed by atoms with Gasteiger partial charge < -0.3 is 19.7 Å². The quantitative estimate of drug-likeness (QED) is 0.444. The molecule has 1 aromatic heterocycles. The molecule has 0 aliphatic carbocycles. The smallest absolute Gasteiger partial charge is 0.337 e. The highest BCUT2D eigenvalue weighted by molar-refractivity contribution is 5.94. The Labute approximate surface area is 188 Å². The Hall–Kier alpha value is -4.13. The first-order valence-electron chi connectivity index (χ1n) is 10.6. The SMILES string of the molecule is O=C(O)c1ccccc1NCCc1cccc2c(=O)cc(N3Cc4ccc(F)cc4C3)oc12. The number of carboxylic acid groups (broad SMARTS) is 1. The van der Waals surface area contributed by atoms with Gasteiger partial charge in [-0.25, -0.2) is 9.18 Å². The summed E-state index contributed by atoms with van der Waals surface area (Å²) in [6, 6.07) is 18.4. The van der Waals surface area contributed by atoms with E-state index in [4.69, 9.17) is 4.42 Å². The number of carboxylic acids is 1. The molecule has 2 heterocycles. The third kappa shape index (κ3) is 4.05. The number of carbonyl (C=O) groups is 1. The van der Waals surface area contributed by atoms with Crippen molar-refractivity contribution in [2.45, 2.75) is 19.5 Å². The van der Waals surface area contributed by atoms with Crippen molar-refractivity contribution in [1.82, 2.24) is 0 Å². The maximum absolute atomic E-state index is 13.6. The lowest BCUT2D eigenvalue weighted by atomic mass is 10.1. The van der Waals surface area contributed by atoms with Crippen LogP contribution in [0, 0.1) is 5.82 Å². The number of nitrogens with zero attached hydrogens (tertiary/aromatic N) is 1. The van der Waals surface area contributed by atoms with E-state index in [1.165, 1.54) is 18.2 Å². The van der Waals surface area contributed by atoms with Crippen LogP contribution in [0.1, 0.15) is 27.0 Å². The van der Waals surface area contributed by atoms with Gasteiger partial charge in [0.05, 0.1) is 10.9 Å². The number of rotatable bonds is 6. The first kappa shape index (κ1) is 20.8. The number of halogens is 1. The predicted octanol–water partition coefficient (Wildman–Crippen LogP) is 4.81. The van der Waals surface area contributed by atoms with E-state index in [1.807, 2.05) is 17.0 Å². The molecule has 0 fully saturated rings. The first-order valence-corrected chi connectivity index (χ1v) is 10.6. The second-order valence-corrected chi connectivity index (χ2v) is 8.04. The van der Waals surface area contributed by atoms with E-state index in [0.29, 0.717) is 48.6 Å². The fourth-order valence-electron chi connectivity index (χ4n) is 4.25. The van der Waals surface area contributed by atoms with Crippen molar-refractivity contribution in [3.8, 4) is 0 Å². The monoisotopic (exact) mass is 444 g/mol. The lowest BCUT2D eigenvalue weighted by Gasteiger charge is -2.17. The summed E-state index contributed by atoms with van der Waals surface area (Å²) in [7, 11) is 0. The van der Waals surface area contributed by atoms with Gasteiger partial charge in [-0.2, -0.15) is 0 Å². The molecule has 2 N–H and O–H groups in total. The Morgan fingerprint density at radius 3 is 2.70 bits per heavy atom. The van der Waals surface area contributed by atoms with Crippen molar-refractivity contribution in [2.24, 2.45) is 0 Å². The van der Waals surface area contributed by atoms with Gasteiger partial charge in [0, 0.05) is 31.4 Å². The van der Waals surface area contributed by atoms with Crippen LogP contribution in [0.4, 0.5) is 16.0 Å². The molecule has 3 aromatic carbocycles. The molecule has 33 heavy (non-hydrogen) atoms. The molecule has 5 rings (SSSR count). The van der Waals surface area contributed by atoms with E-state index in [9.17, 15) is 19.1 Å². The van der Waals surface area contributed by atoms with Crippen LogP contribution in [-0.2, 0) is 19.5 Å². The number of benzene rings is 3. The minimum absolute atomic E-state index is 0.139. The van der Waals surface area contributed by atoms with Gasteiger partial charge in [0.25, 0.3) is 0 Å². The molecule has 0 saturated heterocycles. The number of anilines is 2. The largest absolute Gasteiger partial charge is 0.478 e. The second kappa shape index (κ2) is 8.43. The van der Waals surface area contributed by atoms with Crippen molar-refractivity contribution < 1.29 is 18.7 Å². The molecular formula is C26H21FN2O4. The molecule has 6 nitrogen and oxygen atoms in total. The second-order valence-electron chi connectivity index (χ2n) is 8.04. The van der Waals surface area contributed by atoms with E-state index < -0.39 is 5.97 Å². The predicted molar refractivity (Wildman–Crippen MR) is 124 cm³/mol. The molecule has 0 saturated carbocycles. The summed E-state index contributed by atoms with van der Waals surface area (Å²) in [4.78, 5) is 26.2. The number of fused-ring (bicyclic) bond motifs is 2. The van der Waals surface area contributed by atoms with Crippen molar-refractivity contribution in [2.75, 3.05) is 16.8 Å². The van der Waals surface area contributed by atoms with Crippen molar-refractivity contribution >= 4 is 28.5 Å². The van der Waals surface area contributed by atoms with E-state index in [2.05, 4.69) is 5.32 Å².